The predicted octanol–water partition coefficient (Wildman–Crippen LogP) is 5.94. The fourth-order valence-electron chi connectivity index (χ4n) is 3.26. The second-order valence-corrected chi connectivity index (χ2v) is 8.01. The molecule has 1 aromatic heterocycles. The number of hydrogen-bond donors (Lipinski definition) is 3. The molecule has 0 aliphatic carbocycles. The van der Waals surface area contributed by atoms with E-state index in [1.807, 2.05) is 0 Å². The first-order valence-electron chi connectivity index (χ1n) is 11.0. The molecule has 1 rings (SSSR count). The van der Waals surface area contributed by atoms with Crippen molar-refractivity contribution in [1.29, 1.82) is 0 Å². The van der Waals surface area contributed by atoms with E-state index in [9.17, 15) is 14.4 Å². The third-order valence-corrected chi connectivity index (χ3v) is 5.15. The number of furan rings is 1. The molecule has 1 heterocycles. The lowest BCUT2D eigenvalue weighted by Crippen LogP contribution is -2.42. The zero-order valence-electron chi connectivity index (χ0n) is 18.1. The van der Waals surface area contributed by atoms with E-state index in [2.05, 4.69) is 12.2 Å². The monoisotopic (exact) mass is 459 g/mol. The Morgan fingerprint density at radius 3 is 2.06 bits per heavy atom. The molecule has 0 spiro atoms. The predicted molar refractivity (Wildman–Crippen MR) is 116 cm³/mol. The molecule has 2 unspecified atom stereocenters. The molecule has 0 radical (unpaired) electrons. The van der Waals surface area contributed by atoms with Crippen molar-refractivity contribution in [1.82, 2.24) is 5.32 Å². The highest BCUT2D eigenvalue weighted by molar-refractivity contribution is 6.28. The topological polar surface area (TPSA) is 126 Å². The first-order valence-corrected chi connectivity index (χ1v) is 11.4. The zero-order valence-corrected chi connectivity index (χ0v) is 18.9. The Hall–Kier alpha value is -2.22. The SMILES string of the molecule is CCCCCCCCCCCCC(OC(=O)NC(CC(=O)O)C(=O)O)c1ccc(Cl)o1. The average Bonchev–Trinajstić information content (AvgIpc) is 3.13. The van der Waals surface area contributed by atoms with E-state index in [0.717, 1.165) is 19.3 Å². The highest BCUT2D eigenvalue weighted by atomic mass is 35.5. The number of unbranched alkanes of at least 4 members (excludes halogenated alkanes) is 9. The average molecular weight is 460 g/mol. The van der Waals surface area contributed by atoms with Crippen LogP contribution in [0.2, 0.25) is 5.22 Å². The van der Waals surface area contributed by atoms with Crippen LogP contribution in [0.25, 0.3) is 0 Å². The van der Waals surface area contributed by atoms with Crippen LogP contribution < -0.4 is 5.32 Å². The van der Waals surface area contributed by atoms with Crippen molar-refractivity contribution in [3.05, 3.63) is 23.1 Å². The van der Waals surface area contributed by atoms with Gasteiger partial charge in [0.25, 0.3) is 0 Å². The van der Waals surface area contributed by atoms with Gasteiger partial charge < -0.3 is 24.7 Å². The largest absolute Gasteiger partial charge is 0.481 e. The maximum absolute atomic E-state index is 12.1. The molecule has 3 N–H and O–H groups in total. The number of carboxylic acids is 2. The van der Waals surface area contributed by atoms with E-state index < -0.39 is 36.6 Å². The number of carbonyl (C=O) groups is 3. The molecule has 31 heavy (non-hydrogen) atoms. The first kappa shape index (κ1) is 26.8. The van der Waals surface area contributed by atoms with Gasteiger partial charge in [0.1, 0.15) is 11.8 Å². The van der Waals surface area contributed by atoms with Gasteiger partial charge in [-0.1, -0.05) is 64.7 Å². The van der Waals surface area contributed by atoms with E-state index in [-0.39, 0.29) is 5.22 Å². The Kier molecular flexibility index (Phi) is 13.5. The van der Waals surface area contributed by atoms with Gasteiger partial charge in [0.2, 0.25) is 0 Å². The summed E-state index contributed by atoms with van der Waals surface area (Å²) in [4.78, 5) is 34.1. The smallest absolute Gasteiger partial charge is 0.408 e. The normalized spacial score (nSPS) is 12.8. The molecule has 8 nitrogen and oxygen atoms in total. The number of nitrogens with one attached hydrogen (secondary N) is 1. The minimum Gasteiger partial charge on any atom is -0.481 e. The Balaban J connectivity index is 2.45. The standard InChI is InChI=1S/C22H34ClNO7/c1-2-3-4-5-6-7-8-9-10-11-12-17(18-13-14-19(23)30-18)31-22(29)24-16(21(27)28)15-20(25)26/h13-14,16-17H,2-12,15H2,1H3,(H,24,29)(H,25,26)(H,27,28). The van der Waals surface area contributed by atoms with E-state index in [1.54, 1.807) is 6.07 Å². The van der Waals surface area contributed by atoms with Gasteiger partial charge in [-0.3, -0.25) is 4.79 Å². The number of alkyl carbamates (subject to hydrolysis) is 1. The molecule has 2 atom stereocenters. The van der Waals surface area contributed by atoms with Crippen LogP contribution in [0, 0.1) is 0 Å². The number of hydrogen-bond acceptors (Lipinski definition) is 5. The Morgan fingerprint density at radius 2 is 1.58 bits per heavy atom. The first-order chi connectivity index (χ1) is 14.8. The van der Waals surface area contributed by atoms with E-state index in [4.69, 9.17) is 31.0 Å². The van der Waals surface area contributed by atoms with Crippen LogP contribution in [-0.2, 0) is 14.3 Å². The van der Waals surface area contributed by atoms with Crippen molar-refractivity contribution in [3.63, 3.8) is 0 Å². The fraction of sp³-hybridized carbons (Fsp3) is 0.682. The van der Waals surface area contributed by atoms with Gasteiger partial charge in [-0.05, 0) is 36.6 Å². The molecule has 0 aliphatic rings. The molecule has 1 aromatic rings. The van der Waals surface area contributed by atoms with Crippen LogP contribution in [0.1, 0.15) is 95.8 Å². The van der Waals surface area contributed by atoms with Gasteiger partial charge in [-0.2, -0.15) is 0 Å². The molecule has 0 aliphatic heterocycles. The summed E-state index contributed by atoms with van der Waals surface area (Å²) in [5.41, 5.74) is 0. The summed E-state index contributed by atoms with van der Waals surface area (Å²) in [5.74, 6) is -2.43. The number of rotatable bonds is 17. The number of carbonyl (C=O) groups excluding carboxylic acids is 1. The zero-order chi connectivity index (χ0) is 23.1. The number of amides is 1. The quantitative estimate of drug-likeness (QED) is 0.246. The summed E-state index contributed by atoms with van der Waals surface area (Å²) >= 11 is 5.82. The van der Waals surface area contributed by atoms with E-state index in [0.29, 0.717) is 12.2 Å². The van der Waals surface area contributed by atoms with E-state index in [1.165, 1.54) is 51.0 Å². The van der Waals surface area contributed by atoms with Gasteiger partial charge >= 0.3 is 18.0 Å². The number of ether oxygens (including phenoxy) is 1. The lowest BCUT2D eigenvalue weighted by molar-refractivity contribution is -0.145. The summed E-state index contributed by atoms with van der Waals surface area (Å²) in [6, 6.07) is 1.56. The van der Waals surface area contributed by atoms with Gasteiger partial charge in [0.05, 0.1) is 6.42 Å². The molecule has 0 saturated heterocycles. The van der Waals surface area contributed by atoms with Crippen molar-refractivity contribution >= 4 is 29.6 Å². The lowest BCUT2D eigenvalue weighted by atomic mass is 10.0. The Labute approximate surface area is 188 Å². The third-order valence-electron chi connectivity index (χ3n) is 4.95. The van der Waals surface area contributed by atoms with Crippen molar-refractivity contribution in [2.45, 2.75) is 96.1 Å². The molecule has 0 fully saturated rings. The minimum atomic E-state index is -1.58. The van der Waals surface area contributed by atoms with Crippen LogP contribution in [0.4, 0.5) is 4.79 Å². The summed E-state index contributed by atoms with van der Waals surface area (Å²) < 4.78 is 10.7. The van der Waals surface area contributed by atoms with Crippen LogP contribution in [-0.4, -0.2) is 34.3 Å². The second kappa shape index (κ2) is 15.6. The molecular weight excluding hydrogens is 426 g/mol. The maximum Gasteiger partial charge on any atom is 0.408 e. The number of halogens is 1. The van der Waals surface area contributed by atoms with Crippen LogP contribution >= 0.6 is 11.6 Å². The maximum atomic E-state index is 12.1. The van der Waals surface area contributed by atoms with Crippen LogP contribution in [0.3, 0.4) is 0 Å². The molecule has 1 amide bonds. The fourth-order valence-corrected chi connectivity index (χ4v) is 3.41. The van der Waals surface area contributed by atoms with Crippen LogP contribution in [0.15, 0.2) is 16.5 Å². The van der Waals surface area contributed by atoms with Crippen molar-refractivity contribution in [2.24, 2.45) is 0 Å². The minimum absolute atomic E-state index is 0.154. The van der Waals surface area contributed by atoms with Gasteiger partial charge in [0.15, 0.2) is 11.3 Å². The highest BCUT2D eigenvalue weighted by Gasteiger charge is 2.26. The number of carboxylic acid groups (broad SMARTS) is 2. The summed E-state index contributed by atoms with van der Waals surface area (Å²) in [6.45, 7) is 2.21. The molecule has 9 heteroatoms. The number of aliphatic carboxylic acids is 2. The summed E-state index contributed by atoms with van der Waals surface area (Å²) in [7, 11) is 0. The van der Waals surface area contributed by atoms with Gasteiger partial charge in [0, 0.05) is 0 Å². The summed E-state index contributed by atoms with van der Waals surface area (Å²) in [6.07, 6.45) is 9.64. The summed E-state index contributed by atoms with van der Waals surface area (Å²) in [5, 5.41) is 20.1. The second-order valence-electron chi connectivity index (χ2n) is 7.64. The molecular formula is C22H34ClNO7. The van der Waals surface area contributed by atoms with Gasteiger partial charge in [-0.25, -0.2) is 9.59 Å². The third kappa shape index (κ3) is 12.3. The van der Waals surface area contributed by atoms with Crippen LogP contribution in [0.5, 0.6) is 0 Å². The molecule has 0 bridgehead atoms. The van der Waals surface area contributed by atoms with E-state index >= 15 is 0 Å². The Morgan fingerprint density at radius 1 is 1.00 bits per heavy atom. The van der Waals surface area contributed by atoms with Crippen molar-refractivity contribution in [2.75, 3.05) is 0 Å². The highest BCUT2D eigenvalue weighted by Crippen LogP contribution is 2.28. The molecule has 0 aromatic carbocycles. The van der Waals surface area contributed by atoms with Crippen molar-refractivity contribution in [3.8, 4) is 0 Å². The Bertz CT molecular complexity index is 677. The molecule has 0 saturated carbocycles. The van der Waals surface area contributed by atoms with Crippen molar-refractivity contribution < 1.29 is 33.8 Å². The lowest BCUT2D eigenvalue weighted by Gasteiger charge is -2.18. The van der Waals surface area contributed by atoms with Gasteiger partial charge in [-0.15, -0.1) is 0 Å². The molecule has 176 valence electrons.